The van der Waals surface area contributed by atoms with Gasteiger partial charge in [-0.1, -0.05) is 60.7 Å². The summed E-state index contributed by atoms with van der Waals surface area (Å²) >= 11 is 0. The van der Waals surface area contributed by atoms with Gasteiger partial charge in [0.15, 0.2) is 12.2 Å². The number of fused-ring (bicyclic) bond motifs is 1. The largest absolute Gasteiger partial charge is 0.454 e. The Morgan fingerprint density at radius 3 is 2.45 bits per heavy atom. The lowest BCUT2D eigenvalue weighted by atomic mass is 10.0. The van der Waals surface area contributed by atoms with Crippen molar-refractivity contribution in [2.24, 2.45) is 0 Å². The Morgan fingerprint density at radius 1 is 0.903 bits per heavy atom. The minimum absolute atomic E-state index is 0.340. The first-order chi connectivity index (χ1) is 15.1. The van der Waals surface area contributed by atoms with Gasteiger partial charge < -0.3 is 14.5 Å². The monoisotopic (exact) mass is 416 g/mol. The number of nitrogens with one attached hydrogen (secondary N) is 1. The normalized spacial score (nSPS) is 10.7. The smallest absolute Gasteiger partial charge is 0.420 e. The maximum Gasteiger partial charge on any atom is 0.420 e. The van der Waals surface area contributed by atoms with Gasteiger partial charge in [-0.3, -0.25) is 14.2 Å². The molecule has 1 amide bonds. The van der Waals surface area contributed by atoms with Gasteiger partial charge >= 0.3 is 11.7 Å². The van der Waals surface area contributed by atoms with Crippen LogP contribution in [0, 0.1) is 0 Å². The van der Waals surface area contributed by atoms with Gasteiger partial charge in [-0.15, -0.1) is 0 Å². The van der Waals surface area contributed by atoms with Crippen LogP contribution in [0.15, 0.2) is 88.1 Å². The number of esters is 1. The second kappa shape index (κ2) is 9.13. The summed E-state index contributed by atoms with van der Waals surface area (Å²) in [7, 11) is 0. The quantitative estimate of drug-likeness (QED) is 0.467. The Kier molecular flexibility index (Phi) is 5.93. The molecule has 7 nitrogen and oxygen atoms in total. The molecule has 1 N–H and O–H groups in total. The van der Waals surface area contributed by atoms with Crippen LogP contribution in [0.5, 0.6) is 0 Å². The molecule has 7 heteroatoms. The van der Waals surface area contributed by atoms with Gasteiger partial charge in [-0.25, -0.2) is 4.79 Å². The SMILES string of the molecule is O=C(COC(=O)Cn1c(=O)oc2ccccc21)Nc1ccccc1Cc1ccccc1. The number of oxazole rings is 1. The van der Waals surface area contributed by atoms with Gasteiger partial charge in [0.05, 0.1) is 5.52 Å². The summed E-state index contributed by atoms with van der Waals surface area (Å²) in [5.74, 6) is -1.82. The zero-order valence-corrected chi connectivity index (χ0v) is 16.6. The predicted molar refractivity (Wildman–Crippen MR) is 116 cm³/mol. The molecule has 1 aromatic heterocycles. The molecule has 4 rings (SSSR count). The minimum Gasteiger partial charge on any atom is -0.454 e. The van der Waals surface area contributed by atoms with E-state index in [0.717, 1.165) is 11.1 Å². The molecular formula is C24H20N2O5. The number of para-hydroxylation sites is 3. The molecule has 0 fully saturated rings. The van der Waals surface area contributed by atoms with Crippen molar-refractivity contribution < 1.29 is 18.7 Å². The number of aromatic nitrogens is 1. The first-order valence-corrected chi connectivity index (χ1v) is 9.76. The molecular weight excluding hydrogens is 396 g/mol. The van der Waals surface area contributed by atoms with E-state index >= 15 is 0 Å². The second-order valence-electron chi connectivity index (χ2n) is 6.95. The van der Waals surface area contributed by atoms with Crippen molar-refractivity contribution >= 4 is 28.7 Å². The number of carbonyl (C=O) groups excluding carboxylic acids is 2. The second-order valence-corrected chi connectivity index (χ2v) is 6.95. The maximum atomic E-state index is 12.3. The average molecular weight is 416 g/mol. The van der Waals surface area contributed by atoms with Crippen molar-refractivity contribution in [1.82, 2.24) is 4.57 Å². The zero-order chi connectivity index (χ0) is 21.6. The van der Waals surface area contributed by atoms with Crippen molar-refractivity contribution in [1.29, 1.82) is 0 Å². The Balaban J connectivity index is 1.36. The summed E-state index contributed by atoms with van der Waals surface area (Å²) in [6, 6.07) is 24.1. The van der Waals surface area contributed by atoms with Crippen LogP contribution in [0.3, 0.4) is 0 Å². The topological polar surface area (TPSA) is 90.5 Å². The van der Waals surface area contributed by atoms with Gasteiger partial charge in [0.2, 0.25) is 0 Å². The lowest BCUT2D eigenvalue weighted by molar-refractivity contribution is -0.147. The summed E-state index contributed by atoms with van der Waals surface area (Å²) in [6.07, 6.45) is 0.660. The highest BCUT2D eigenvalue weighted by molar-refractivity contribution is 5.93. The van der Waals surface area contributed by atoms with Crippen LogP contribution >= 0.6 is 0 Å². The third-order valence-electron chi connectivity index (χ3n) is 4.75. The van der Waals surface area contributed by atoms with Gasteiger partial charge in [0, 0.05) is 5.69 Å². The van der Waals surface area contributed by atoms with E-state index in [4.69, 9.17) is 9.15 Å². The van der Waals surface area contributed by atoms with E-state index < -0.39 is 24.2 Å². The molecule has 156 valence electrons. The number of hydrogen-bond acceptors (Lipinski definition) is 5. The molecule has 1 heterocycles. The van der Waals surface area contributed by atoms with Crippen molar-refractivity contribution in [3.63, 3.8) is 0 Å². The van der Waals surface area contributed by atoms with Gasteiger partial charge in [0.1, 0.15) is 6.54 Å². The van der Waals surface area contributed by atoms with Gasteiger partial charge in [0.25, 0.3) is 5.91 Å². The molecule has 0 radical (unpaired) electrons. The lowest BCUT2D eigenvalue weighted by Gasteiger charge is -2.11. The van der Waals surface area contributed by atoms with E-state index in [0.29, 0.717) is 23.2 Å². The Hall–Kier alpha value is -4.13. The van der Waals surface area contributed by atoms with E-state index in [1.807, 2.05) is 48.5 Å². The fraction of sp³-hybridized carbons (Fsp3) is 0.125. The van der Waals surface area contributed by atoms with Crippen LogP contribution in [0.25, 0.3) is 11.1 Å². The van der Waals surface area contributed by atoms with Crippen LogP contribution < -0.4 is 11.1 Å². The highest BCUT2D eigenvalue weighted by Gasteiger charge is 2.15. The van der Waals surface area contributed by atoms with Crippen LogP contribution in [-0.2, 0) is 27.3 Å². The summed E-state index contributed by atoms with van der Waals surface area (Å²) in [4.78, 5) is 36.4. The summed E-state index contributed by atoms with van der Waals surface area (Å²) in [5, 5.41) is 2.78. The standard InChI is InChI=1S/C24H20N2O5/c27-22(25-19-11-5-4-10-18(19)14-17-8-2-1-3-9-17)16-30-23(28)15-26-20-12-6-7-13-21(20)31-24(26)29/h1-13H,14-16H2,(H,25,27). The summed E-state index contributed by atoms with van der Waals surface area (Å²) < 4.78 is 11.3. The molecule has 0 bridgehead atoms. The lowest BCUT2D eigenvalue weighted by Crippen LogP contribution is -2.26. The zero-order valence-electron chi connectivity index (χ0n) is 16.6. The van der Waals surface area contributed by atoms with E-state index in [1.165, 1.54) is 4.57 Å². The summed E-state index contributed by atoms with van der Waals surface area (Å²) in [5.41, 5.74) is 3.60. The molecule has 0 saturated heterocycles. The molecule has 0 aliphatic rings. The van der Waals surface area contributed by atoms with Crippen LogP contribution in [-0.4, -0.2) is 23.1 Å². The van der Waals surface area contributed by atoms with E-state index in [9.17, 15) is 14.4 Å². The first kappa shape index (κ1) is 20.2. The third-order valence-corrected chi connectivity index (χ3v) is 4.75. The number of hydrogen-bond donors (Lipinski definition) is 1. The number of carbonyl (C=O) groups is 2. The van der Waals surface area contributed by atoms with E-state index in [1.54, 1.807) is 30.3 Å². The van der Waals surface area contributed by atoms with Crippen molar-refractivity contribution in [2.45, 2.75) is 13.0 Å². The van der Waals surface area contributed by atoms with Crippen LogP contribution in [0.2, 0.25) is 0 Å². The van der Waals surface area contributed by atoms with Crippen molar-refractivity contribution in [2.75, 3.05) is 11.9 Å². The fourth-order valence-electron chi connectivity index (χ4n) is 3.28. The maximum absolute atomic E-state index is 12.3. The highest BCUT2D eigenvalue weighted by atomic mass is 16.5. The molecule has 0 aliphatic carbocycles. The predicted octanol–water partition coefficient (Wildman–Crippen LogP) is 3.37. The Bertz CT molecular complexity index is 1270. The minimum atomic E-state index is -0.707. The molecule has 0 atom stereocenters. The number of nitrogens with zero attached hydrogens (tertiary/aromatic N) is 1. The first-order valence-electron chi connectivity index (χ1n) is 9.76. The Morgan fingerprint density at radius 2 is 1.61 bits per heavy atom. The van der Waals surface area contributed by atoms with Gasteiger partial charge in [-0.2, -0.15) is 0 Å². The third kappa shape index (κ3) is 4.90. The molecule has 0 spiro atoms. The average Bonchev–Trinajstić information content (AvgIpc) is 3.09. The van der Waals surface area contributed by atoms with Crippen molar-refractivity contribution in [3.8, 4) is 0 Å². The molecule has 0 unspecified atom stereocenters. The molecule has 3 aromatic carbocycles. The molecule has 31 heavy (non-hydrogen) atoms. The number of benzene rings is 3. The molecule has 4 aromatic rings. The van der Waals surface area contributed by atoms with Gasteiger partial charge in [-0.05, 0) is 35.7 Å². The van der Waals surface area contributed by atoms with E-state index in [2.05, 4.69) is 5.32 Å². The summed E-state index contributed by atoms with van der Waals surface area (Å²) in [6.45, 7) is -0.795. The number of anilines is 1. The Labute approximate surface area is 177 Å². The number of ether oxygens (including phenoxy) is 1. The van der Waals surface area contributed by atoms with Crippen LogP contribution in [0.1, 0.15) is 11.1 Å². The molecule has 0 aliphatic heterocycles. The number of rotatable bonds is 7. The fourth-order valence-corrected chi connectivity index (χ4v) is 3.28. The highest BCUT2D eigenvalue weighted by Crippen LogP contribution is 2.19. The number of amides is 1. The van der Waals surface area contributed by atoms with Crippen molar-refractivity contribution in [3.05, 3.63) is 101 Å². The van der Waals surface area contributed by atoms with E-state index in [-0.39, 0.29) is 6.54 Å². The molecule has 0 saturated carbocycles. The van der Waals surface area contributed by atoms with Crippen LogP contribution in [0.4, 0.5) is 5.69 Å².